The SMILES string of the molecule is CCC(Oc1ccc(F)cc1)N1CCC(CONC(=O)c2ccc(N)c(Cl)c2)C(OC)C1. The molecule has 0 aromatic heterocycles. The van der Waals surface area contributed by atoms with Gasteiger partial charge in [0.2, 0.25) is 0 Å². The molecule has 0 saturated carbocycles. The summed E-state index contributed by atoms with van der Waals surface area (Å²) < 4.78 is 24.9. The zero-order valence-electron chi connectivity index (χ0n) is 18.2. The number of anilines is 1. The molecule has 2 aromatic carbocycles. The molecule has 0 bridgehead atoms. The summed E-state index contributed by atoms with van der Waals surface area (Å²) in [5.41, 5.74) is 8.91. The molecule has 1 heterocycles. The van der Waals surface area contributed by atoms with Crippen molar-refractivity contribution in [2.24, 2.45) is 5.92 Å². The van der Waals surface area contributed by atoms with Crippen LogP contribution in [-0.2, 0) is 9.57 Å². The maximum absolute atomic E-state index is 13.2. The van der Waals surface area contributed by atoms with Crippen LogP contribution in [-0.4, -0.2) is 49.9 Å². The molecule has 0 radical (unpaired) electrons. The molecule has 1 amide bonds. The molecular weight excluding hydrogens is 437 g/mol. The summed E-state index contributed by atoms with van der Waals surface area (Å²) in [7, 11) is 1.66. The van der Waals surface area contributed by atoms with Crippen molar-refractivity contribution in [2.75, 3.05) is 32.5 Å². The number of methoxy groups -OCH3 is 1. The van der Waals surface area contributed by atoms with Crippen LogP contribution in [0, 0.1) is 11.7 Å². The van der Waals surface area contributed by atoms with E-state index < -0.39 is 5.91 Å². The van der Waals surface area contributed by atoms with Crippen molar-refractivity contribution in [3.05, 3.63) is 58.9 Å². The van der Waals surface area contributed by atoms with E-state index >= 15 is 0 Å². The minimum atomic E-state index is -0.392. The van der Waals surface area contributed by atoms with Crippen LogP contribution < -0.4 is 16.0 Å². The third kappa shape index (κ3) is 6.32. The maximum atomic E-state index is 13.2. The smallest absolute Gasteiger partial charge is 0.274 e. The molecule has 2 aromatic rings. The number of piperidine rings is 1. The average molecular weight is 466 g/mol. The van der Waals surface area contributed by atoms with E-state index in [0.717, 1.165) is 19.4 Å². The summed E-state index contributed by atoms with van der Waals surface area (Å²) in [6.07, 6.45) is 1.35. The van der Waals surface area contributed by atoms with E-state index in [1.807, 2.05) is 6.92 Å². The lowest BCUT2D eigenvalue weighted by molar-refractivity contribution is -0.0924. The number of nitrogen functional groups attached to an aromatic ring is 1. The predicted molar refractivity (Wildman–Crippen MR) is 121 cm³/mol. The highest BCUT2D eigenvalue weighted by molar-refractivity contribution is 6.33. The highest BCUT2D eigenvalue weighted by Crippen LogP contribution is 2.25. The molecule has 0 aliphatic carbocycles. The number of halogens is 2. The Bertz CT molecular complexity index is 899. The number of carbonyl (C=O) groups excluding carboxylic acids is 1. The van der Waals surface area contributed by atoms with Crippen LogP contribution in [0.1, 0.15) is 30.1 Å². The highest BCUT2D eigenvalue weighted by Gasteiger charge is 2.33. The zero-order valence-corrected chi connectivity index (χ0v) is 19.0. The molecule has 3 unspecified atom stereocenters. The van der Waals surface area contributed by atoms with E-state index in [1.54, 1.807) is 31.4 Å². The van der Waals surface area contributed by atoms with Gasteiger partial charge in [-0.15, -0.1) is 0 Å². The second-order valence-electron chi connectivity index (χ2n) is 7.73. The Kier molecular flexibility index (Phi) is 8.69. The average Bonchev–Trinajstić information content (AvgIpc) is 2.80. The standard InChI is InChI=1S/C23H29ClFN3O4/c1-3-22(32-18-7-5-17(25)6-8-18)28-11-10-16(21(13-28)30-2)14-31-27-23(29)15-4-9-20(26)19(24)12-15/h4-9,12,16,21-22H,3,10-11,13-14,26H2,1-2H3,(H,27,29). The summed E-state index contributed by atoms with van der Waals surface area (Å²) in [6.45, 7) is 3.81. The van der Waals surface area contributed by atoms with E-state index in [1.165, 1.54) is 18.2 Å². The van der Waals surface area contributed by atoms with Crippen LogP contribution in [0.15, 0.2) is 42.5 Å². The van der Waals surface area contributed by atoms with Gasteiger partial charge in [0.05, 0.1) is 23.4 Å². The number of hydrogen-bond donors (Lipinski definition) is 2. The minimum absolute atomic E-state index is 0.0857. The van der Waals surface area contributed by atoms with Gasteiger partial charge in [-0.05, 0) is 55.3 Å². The summed E-state index contributed by atoms with van der Waals surface area (Å²) >= 11 is 5.97. The van der Waals surface area contributed by atoms with Gasteiger partial charge >= 0.3 is 0 Å². The Hall–Kier alpha value is -2.39. The zero-order chi connectivity index (χ0) is 23.1. The molecule has 0 spiro atoms. The molecule has 1 aliphatic rings. The first-order valence-electron chi connectivity index (χ1n) is 10.6. The number of nitrogens with two attached hydrogens (primary N) is 1. The van der Waals surface area contributed by atoms with Crippen molar-refractivity contribution in [2.45, 2.75) is 32.1 Å². The number of nitrogens with one attached hydrogen (secondary N) is 1. The molecule has 3 N–H and O–H groups in total. The lowest BCUT2D eigenvalue weighted by Gasteiger charge is -2.41. The third-order valence-corrected chi connectivity index (χ3v) is 5.92. The van der Waals surface area contributed by atoms with Gasteiger partial charge in [-0.1, -0.05) is 18.5 Å². The van der Waals surface area contributed by atoms with Crippen LogP contribution >= 0.6 is 11.6 Å². The first-order chi connectivity index (χ1) is 15.4. The Morgan fingerprint density at radius 1 is 1.31 bits per heavy atom. The summed E-state index contributed by atoms with van der Waals surface area (Å²) in [6, 6.07) is 10.7. The Labute approximate surface area is 192 Å². The van der Waals surface area contributed by atoms with Crippen LogP contribution in [0.4, 0.5) is 10.1 Å². The number of likely N-dealkylation sites (tertiary alicyclic amines) is 1. The molecule has 32 heavy (non-hydrogen) atoms. The van der Waals surface area contributed by atoms with Gasteiger partial charge in [0.25, 0.3) is 5.91 Å². The van der Waals surface area contributed by atoms with Crippen LogP contribution in [0.2, 0.25) is 5.02 Å². The Morgan fingerprint density at radius 2 is 2.06 bits per heavy atom. The Morgan fingerprint density at radius 3 is 2.72 bits per heavy atom. The molecule has 174 valence electrons. The van der Waals surface area contributed by atoms with Crippen molar-refractivity contribution in [1.82, 2.24) is 10.4 Å². The second-order valence-corrected chi connectivity index (χ2v) is 8.14. The Balaban J connectivity index is 1.50. The van der Waals surface area contributed by atoms with Crippen molar-refractivity contribution >= 4 is 23.2 Å². The molecule has 3 atom stereocenters. The number of hydroxylamine groups is 1. The monoisotopic (exact) mass is 465 g/mol. The summed E-state index contributed by atoms with van der Waals surface area (Å²) in [5, 5.41) is 0.317. The fourth-order valence-corrected chi connectivity index (χ4v) is 3.92. The second kappa shape index (κ2) is 11.5. The maximum Gasteiger partial charge on any atom is 0.274 e. The van der Waals surface area contributed by atoms with Gasteiger partial charge in [0.1, 0.15) is 11.6 Å². The van der Waals surface area contributed by atoms with Gasteiger partial charge in [-0.3, -0.25) is 14.5 Å². The number of amides is 1. The first kappa shape index (κ1) is 24.3. The van der Waals surface area contributed by atoms with Gasteiger partial charge in [-0.2, -0.15) is 0 Å². The number of hydrogen-bond acceptors (Lipinski definition) is 6. The number of carbonyl (C=O) groups is 1. The van der Waals surface area contributed by atoms with Gasteiger partial charge in [-0.25, -0.2) is 9.87 Å². The van der Waals surface area contributed by atoms with Crippen molar-refractivity contribution < 1.29 is 23.5 Å². The van der Waals surface area contributed by atoms with Crippen molar-refractivity contribution in [1.29, 1.82) is 0 Å². The van der Waals surface area contributed by atoms with E-state index in [-0.39, 0.29) is 24.1 Å². The normalized spacial score (nSPS) is 20.0. The molecule has 1 saturated heterocycles. The third-order valence-electron chi connectivity index (χ3n) is 5.60. The quantitative estimate of drug-likeness (QED) is 0.432. The minimum Gasteiger partial charge on any atom is -0.475 e. The molecule has 9 heteroatoms. The predicted octanol–water partition coefficient (Wildman–Crippen LogP) is 3.87. The molecular formula is C23H29ClFN3O4. The van der Waals surface area contributed by atoms with Crippen LogP contribution in [0.25, 0.3) is 0 Å². The number of rotatable bonds is 9. The molecule has 1 fully saturated rings. The van der Waals surface area contributed by atoms with Crippen LogP contribution in [0.3, 0.4) is 0 Å². The van der Waals surface area contributed by atoms with E-state index in [2.05, 4.69) is 10.4 Å². The lowest BCUT2D eigenvalue weighted by Crippen LogP contribution is -2.52. The number of ether oxygens (including phenoxy) is 2. The molecule has 3 rings (SSSR count). The van der Waals surface area contributed by atoms with Gasteiger partial charge in [0.15, 0.2) is 6.23 Å². The van der Waals surface area contributed by atoms with E-state index in [4.69, 9.17) is 31.6 Å². The fourth-order valence-electron chi connectivity index (χ4n) is 3.74. The lowest BCUT2D eigenvalue weighted by atomic mass is 9.94. The summed E-state index contributed by atoms with van der Waals surface area (Å²) in [4.78, 5) is 20.0. The first-order valence-corrected chi connectivity index (χ1v) is 10.9. The van der Waals surface area contributed by atoms with Crippen LogP contribution in [0.5, 0.6) is 5.75 Å². The van der Waals surface area contributed by atoms with Crippen molar-refractivity contribution in [3.8, 4) is 5.75 Å². The largest absolute Gasteiger partial charge is 0.475 e. The molecule has 1 aliphatic heterocycles. The molecule has 7 nitrogen and oxygen atoms in total. The van der Waals surface area contributed by atoms with Gasteiger partial charge in [0, 0.05) is 31.7 Å². The fraction of sp³-hybridized carbons (Fsp3) is 0.435. The summed E-state index contributed by atoms with van der Waals surface area (Å²) in [5.74, 6) is 0.0485. The topological polar surface area (TPSA) is 86.1 Å². The van der Waals surface area contributed by atoms with Gasteiger partial charge < -0.3 is 15.2 Å². The highest BCUT2D eigenvalue weighted by atomic mass is 35.5. The van der Waals surface area contributed by atoms with Crippen molar-refractivity contribution in [3.63, 3.8) is 0 Å². The number of nitrogens with zero attached hydrogens (tertiary/aromatic N) is 1. The number of benzene rings is 2. The van der Waals surface area contributed by atoms with E-state index in [9.17, 15) is 9.18 Å². The van der Waals surface area contributed by atoms with E-state index in [0.29, 0.717) is 35.2 Å².